The molecule has 110 valence electrons. The van der Waals surface area contributed by atoms with Crippen molar-refractivity contribution in [2.45, 2.75) is 20.4 Å². The topological polar surface area (TPSA) is 90.0 Å². The molecule has 1 aromatic heterocycles. The number of halogens is 1. The molecule has 0 saturated heterocycles. The van der Waals surface area contributed by atoms with Crippen molar-refractivity contribution in [2.24, 2.45) is 0 Å². The molecule has 1 aromatic carbocycles. The van der Waals surface area contributed by atoms with Gasteiger partial charge in [-0.25, -0.2) is 4.98 Å². The first-order valence-electron chi connectivity index (χ1n) is 6.27. The average molecular weight is 351 g/mol. The van der Waals surface area contributed by atoms with Crippen molar-refractivity contribution in [1.82, 2.24) is 9.55 Å². The maximum Gasteiger partial charge on any atom is 0.268 e. The third-order valence-electron chi connectivity index (χ3n) is 3.08. The second-order valence-electron chi connectivity index (χ2n) is 4.63. The van der Waals surface area contributed by atoms with Crippen molar-refractivity contribution < 1.29 is 4.79 Å². The molecule has 7 heteroatoms. The van der Waals surface area contributed by atoms with Crippen LogP contribution in [-0.2, 0) is 11.3 Å². The van der Waals surface area contributed by atoms with Gasteiger partial charge in [-0.1, -0.05) is 12.1 Å². The van der Waals surface area contributed by atoms with Crippen LogP contribution in [0.1, 0.15) is 11.4 Å². The standard InChI is InChI=1S/C14H15BrN4O2/c1-8-4-3-5-11(16)13(8)18-12(20)7-19-9(2)17-6-10(15)14(19)21/h3-6H,7,16H2,1-2H3,(H,18,20). The lowest BCUT2D eigenvalue weighted by Crippen LogP contribution is -2.30. The van der Waals surface area contributed by atoms with E-state index in [1.54, 1.807) is 13.0 Å². The van der Waals surface area contributed by atoms with Gasteiger partial charge in [0, 0.05) is 6.20 Å². The molecule has 0 unspecified atom stereocenters. The molecule has 0 atom stereocenters. The van der Waals surface area contributed by atoms with Crippen LogP contribution in [0, 0.1) is 13.8 Å². The number of amides is 1. The Morgan fingerprint density at radius 2 is 2.14 bits per heavy atom. The van der Waals surface area contributed by atoms with Gasteiger partial charge in [0.1, 0.15) is 16.8 Å². The third-order valence-corrected chi connectivity index (χ3v) is 3.62. The van der Waals surface area contributed by atoms with Gasteiger partial charge in [-0.2, -0.15) is 0 Å². The van der Waals surface area contributed by atoms with Crippen LogP contribution in [-0.4, -0.2) is 15.5 Å². The van der Waals surface area contributed by atoms with Crippen molar-refractivity contribution in [3.63, 3.8) is 0 Å². The van der Waals surface area contributed by atoms with E-state index in [1.807, 2.05) is 19.1 Å². The summed E-state index contributed by atoms with van der Waals surface area (Å²) in [6.45, 7) is 3.40. The maximum absolute atomic E-state index is 12.1. The Morgan fingerprint density at radius 1 is 1.43 bits per heavy atom. The van der Waals surface area contributed by atoms with E-state index in [2.05, 4.69) is 26.2 Å². The Balaban J connectivity index is 2.24. The number of aromatic nitrogens is 2. The van der Waals surface area contributed by atoms with E-state index in [-0.39, 0.29) is 18.0 Å². The first kappa shape index (κ1) is 15.2. The number of nitrogens with zero attached hydrogens (tertiary/aromatic N) is 2. The monoisotopic (exact) mass is 350 g/mol. The highest BCUT2D eigenvalue weighted by Crippen LogP contribution is 2.22. The number of nitrogen functional groups attached to an aromatic ring is 1. The molecule has 1 amide bonds. The van der Waals surface area contributed by atoms with Gasteiger partial charge in [0.25, 0.3) is 5.56 Å². The summed E-state index contributed by atoms with van der Waals surface area (Å²) < 4.78 is 1.62. The summed E-state index contributed by atoms with van der Waals surface area (Å²) in [6.07, 6.45) is 1.42. The SMILES string of the molecule is Cc1cccc(N)c1NC(=O)Cn1c(C)ncc(Br)c1=O. The number of nitrogens with two attached hydrogens (primary N) is 1. The number of rotatable bonds is 3. The molecule has 3 N–H and O–H groups in total. The molecule has 6 nitrogen and oxygen atoms in total. The van der Waals surface area contributed by atoms with Crippen molar-refractivity contribution in [2.75, 3.05) is 11.1 Å². The molecule has 1 heterocycles. The first-order valence-corrected chi connectivity index (χ1v) is 7.06. The molecular weight excluding hydrogens is 336 g/mol. The zero-order valence-electron chi connectivity index (χ0n) is 11.7. The molecule has 2 aromatic rings. The van der Waals surface area contributed by atoms with Crippen LogP contribution >= 0.6 is 15.9 Å². The third kappa shape index (κ3) is 3.30. The minimum absolute atomic E-state index is 0.120. The lowest BCUT2D eigenvalue weighted by atomic mass is 10.1. The molecule has 0 bridgehead atoms. The average Bonchev–Trinajstić information content (AvgIpc) is 2.43. The molecule has 0 fully saturated rings. The number of carbonyl (C=O) groups is 1. The quantitative estimate of drug-likeness (QED) is 0.826. The van der Waals surface area contributed by atoms with Crippen LogP contribution < -0.4 is 16.6 Å². The lowest BCUT2D eigenvalue weighted by Gasteiger charge is -2.13. The number of hydrogen-bond acceptors (Lipinski definition) is 4. The van der Waals surface area contributed by atoms with Crippen molar-refractivity contribution >= 4 is 33.2 Å². The second kappa shape index (κ2) is 6.09. The van der Waals surface area contributed by atoms with E-state index >= 15 is 0 Å². The number of carbonyl (C=O) groups excluding carboxylic acids is 1. The number of aryl methyl sites for hydroxylation is 2. The summed E-state index contributed by atoms with van der Waals surface area (Å²) in [5.74, 6) is 0.136. The van der Waals surface area contributed by atoms with Crippen molar-refractivity contribution in [3.05, 3.63) is 50.6 Å². The number of para-hydroxylation sites is 1. The van der Waals surface area contributed by atoms with E-state index < -0.39 is 0 Å². The number of nitrogens with one attached hydrogen (secondary N) is 1. The minimum atomic E-state index is -0.332. The maximum atomic E-state index is 12.1. The zero-order chi connectivity index (χ0) is 15.6. The molecule has 21 heavy (non-hydrogen) atoms. The minimum Gasteiger partial charge on any atom is -0.397 e. The summed E-state index contributed by atoms with van der Waals surface area (Å²) in [7, 11) is 0. The first-order chi connectivity index (χ1) is 9.90. The molecular formula is C14H15BrN4O2. The molecule has 0 aliphatic heterocycles. The van der Waals surface area contributed by atoms with Gasteiger partial charge in [0.05, 0.1) is 11.4 Å². The van der Waals surface area contributed by atoms with Gasteiger partial charge >= 0.3 is 0 Å². The fourth-order valence-electron chi connectivity index (χ4n) is 1.92. The number of hydrogen-bond donors (Lipinski definition) is 2. The molecule has 0 spiro atoms. The highest BCUT2D eigenvalue weighted by Gasteiger charge is 2.12. The van der Waals surface area contributed by atoms with Crippen LogP contribution in [0.5, 0.6) is 0 Å². The van der Waals surface area contributed by atoms with E-state index in [0.717, 1.165) is 5.56 Å². The number of benzene rings is 1. The van der Waals surface area contributed by atoms with Crippen molar-refractivity contribution in [1.29, 1.82) is 0 Å². The summed E-state index contributed by atoms with van der Waals surface area (Å²) in [4.78, 5) is 28.2. The van der Waals surface area contributed by atoms with Crippen LogP contribution in [0.4, 0.5) is 11.4 Å². The molecule has 2 rings (SSSR count). The Morgan fingerprint density at radius 3 is 2.81 bits per heavy atom. The largest absolute Gasteiger partial charge is 0.397 e. The Labute approximate surface area is 130 Å². The van der Waals surface area contributed by atoms with E-state index in [0.29, 0.717) is 21.7 Å². The van der Waals surface area contributed by atoms with E-state index in [4.69, 9.17) is 5.73 Å². The predicted molar refractivity (Wildman–Crippen MR) is 85.2 cm³/mol. The van der Waals surface area contributed by atoms with Gasteiger partial charge in [-0.3, -0.25) is 14.2 Å². The summed E-state index contributed by atoms with van der Waals surface area (Å²) in [5, 5.41) is 2.73. The zero-order valence-corrected chi connectivity index (χ0v) is 13.3. The molecule has 0 aliphatic carbocycles. The Bertz CT molecular complexity index is 735. The lowest BCUT2D eigenvalue weighted by molar-refractivity contribution is -0.116. The molecule has 0 aliphatic rings. The van der Waals surface area contributed by atoms with Gasteiger partial charge < -0.3 is 11.1 Å². The van der Waals surface area contributed by atoms with Gasteiger partial charge in [0.15, 0.2) is 0 Å². The molecule has 0 radical (unpaired) electrons. The molecule has 0 saturated carbocycles. The summed E-state index contributed by atoms with van der Waals surface area (Å²) >= 11 is 3.11. The van der Waals surface area contributed by atoms with E-state index in [9.17, 15) is 9.59 Å². The fraction of sp³-hybridized carbons (Fsp3) is 0.214. The van der Waals surface area contributed by atoms with Crippen LogP contribution in [0.15, 0.2) is 33.7 Å². The smallest absolute Gasteiger partial charge is 0.268 e. The van der Waals surface area contributed by atoms with Crippen LogP contribution in [0.2, 0.25) is 0 Å². The van der Waals surface area contributed by atoms with Gasteiger partial charge in [-0.05, 0) is 41.4 Å². The van der Waals surface area contributed by atoms with Crippen molar-refractivity contribution in [3.8, 4) is 0 Å². The van der Waals surface area contributed by atoms with Crippen LogP contribution in [0.25, 0.3) is 0 Å². The Hall–Kier alpha value is -2.15. The normalized spacial score (nSPS) is 10.4. The second-order valence-corrected chi connectivity index (χ2v) is 5.49. The van der Waals surface area contributed by atoms with Gasteiger partial charge in [0.2, 0.25) is 5.91 Å². The summed E-state index contributed by atoms with van der Waals surface area (Å²) in [5.41, 5.74) is 7.46. The Kier molecular flexibility index (Phi) is 4.42. The summed E-state index contributed by atoms with van der Waals surface area (Å²) in [6, 6.07) is 5.37. The van der Waals surface area contributed by atoms with E-state index in [1.165, 1.54) is 10.8 Å². The highest BCUT2D eigenvalue weighted by molar-refractivity contribution is 9.10. The highest BCUT2D eigenvalue weighted by atomic mass is 79.9. The fourth-order valence-corrected chi connectivity index (χ4v) is 2.24. The number of anilines is 2. The van der Waals surface area contributed by atoms with Crippen LogP contribution in [0.3, 0.4) is 0 Å². The predicted octanol–water partition coefficient (Wildman–Crippen LogP) is 1.84. The van der Waals surface area contributed by atoms with Gasteiger partial charge in [-0.15, -0.1) is 0 Å².